The highest BCUT2D eigenvalue weighted by Gasteiger charge is 2.53. The lowest BCUT2D eigenvalue weighted by Gasteiger charge is -2.62. The number of carbonyl (C=O) groups is 1. The Hall–Kier alpha value is -2.24. The van der Waals surface area contributed by atoms with Gasteiger partial charge in [-0.05, 0) is 38.5 Å². The van der Waals surface area contributed by atoms with Crippen LogP contribution < -0.4 is 15.4 Å². The molecular weight excluding hydrogens is 328 g/mol. The lowest BCUT2D eigenvalue weighted by molar-refractivity contribution is -0.122. The van der Waals surface area contributed by atoms with Crippen molar-refractivity contribution in [2.45, 2.75) is 46.7 Å². The fraction of sp³-hybridized carbons (Fsp3) is 0.600. The van der Waals surface area contributed by atoms with Gasteiger partial charge in [0, 0.05) is 37.6 Å². The summed E-state index contributed by atoms with van der Waals surface area (Å²) in [4.78, 5) is 18.3. The minimum Gasteiger partial charge on any atom is -0.484 e. The molecule has 0 atom stereocenters. The molecule has 1 saturated heterocycles. The molecular formula is C20H32N4O2. The molecule has 0 saturated carbocycles. The van der Waals surface area contributed by atoms with E-state index in [0.29, 0.717) is 18.8 Å². The molecule has 1 aromatic rings. The van der Waals surface area contributed by atoms with E-state index in [2.05, 4.69) is 48.2 Å². The molecule has 6 heteroatoms. The highest BCUT2D eigenvalue weighted by molar-refractivity contribution is 5.82. The largest absolute Gasteiger partial charge is 0.484 e. The Morgan fingerprint density at radius 3 is 2.58 bits per heavy atom. The van der Waals surface area contributed by atoms with Gasteiger partial charge in [-0.2, -0.15) is 0 Å². The van der Waals surface area contributed by atoms with Gasteiger partial charge < -0.3 is 20.3 Å². The Bertz CT molecular complexity index is 668. The van der Waals surface area contributed by atoms with Crippen LogP contribution in [0.25, 0.3) is 0 Å². The molecule has 1 aliphatic rings. The maximum absolute atomic E-state index is 11.5. The van der Waals surface area contributed by atoms with Crippen LogP contribution in [0.1, 0.15) is 40.2 Å². The molecule has 1 amide bonds. The maximum Gasteiger partial charge on any atom is 0.257 e. The summed E-state index contributed by atoms with van der Waals surface area (Å²) >= 11 is 0. The number of nitrogens with one attached hydrogen (secondary N) is 2. The van der Waals surface area contributed by atoms with Gasteiger partial charge in [-0.25, -0.2) is 0 Å². The van der Waals surface area contributed by atoms with Crippen LogP contribution in [-0.4, -0.2) is 49.0 Å². The SMILES string of the molecule is CCNC(=O)COc1cccc(CNC(=NC)N2CC(C)(C)C2(C)C)c1. The highest BCUT2D eigenvalue weighted by Crippen LogP contribution is 2.46. The number of hydrogen-bond donors (Lipinski definition) is 2. The molecule has 1 aliphatic heterocycles. The van der Waals surface area contributed by atoms with Crippen LogP contribution in [0.2, 0.25) is 0 Å². The third-order valence-electron chi connectivity index (χ3n) is 5.44. The minimum absolute atomic E-state index is 0.0312. The summed E-state index contributed by atoms with van der Waals surface area (Å²) in [5, 5.41) is 6.15. The topological polar surface area (TPSA) is 66.0 Å². The number of aliphatic imine (C=N–C) groups is 1. The van der Waals surface area contributed by atoms with Gasteiger partial charge in [0.2, 0.25) is 0 Å². The molecule has 0 aliphatic carbocycles. The van der Waals surface area contributed by atoms with Gasteiger partial charge in [0.25, 0.3) is 5.91 Å². The van der Waals surface area contributed by atoms with Crippen molar-refractivity contribution < 1.29 is 9.53 Å². The molecule has 26 heavy (non-hydrogen) atoms. The lowest BCUT2D eigenvalue weighted by Crippen LogP contribution is -2.72. The number of likely N-dealkylation sites (N-methyl/N-ethyl adjacent to an activating group) is 1. The van der Waals surface area contributed by atoms with E-state index in [1.807, 2.05) is 38.2 Å². The number of rotatable bonds is 6. The van der Waals surface area contributed by atoms with Crippen molar-refractivity contribution in [3.63, 3.8) is 0 Å². The summed E-state index contributed by atoms with van der Waals surface area (Å²) in [5.41, 5.74) is 1.40. The van der Waals surface area contributed by atoms with Crippen LogP contribution in [0.3, 0.4) is 0 Å². The van der Waals surface area contributed by atoms with E-state index in [4.69, 9.17) is 4.74 Å². The van der Waals surface area contributed by atoms with Crippen molar-refractivity contribution in [3.05, 3.63) is 29.8 Å². The number of benzene rings is 1. The number of hydrogen-bond acceptors (Lipinski definition) is 3. The van der Waals surface area contributed by atoms with Gasteiger partial charge in [-0.1, -0.05) is 26.0 Å². The Balaban J connectivity index is 1.93. The third kappa shape index (κ3) is 4.29. The summed E-state index contributed by atoms with van der Waals surface area (Å²) in [6.07, 6.45) is 0. The first-order chi connectivity index (χ1) is 12.2. The maximum atomic E-state index is 11.5. The average molecular weight is 361 g/mol. The van der Waals surface area contributed by atoms with Crippen molar-refractivity contribution in [2.75, 3.05) is 26.7 Å². The van der Waals surface area contributed by atoms with Gasteiger partial charge in [0.15, 0.2) is 12.6 Å². The minimum atomic E-state index is -0.112. The predicted molar refractivity (Wildman–Crippen MR) is 105 cm³/mol. The quantitative estimate of drug-likeness (QED) is 0.604. The summed E-state index contributed by atoms with van der Waals surface area (Å²) < 4.78 is 5.55. The van der Waals surface area contributed by atoms with Crippen molar-refractivity contribution >= 4 is 11.9 Å². The van der Waals surface area contributed by atoms with Crippen LogP contribution >= 0.6 is 0 Å². The molecule has 0 unspecified atom stereocenters. The summed E-state index contributed by atoms with van der Waals surface area (Å²) in [6, 6.07) is 7.78. The molecule has 1 fully saturated rings. The highest BCUT2D eigenvalue weighted by atomic mass is 16.5. The Kier molecular flexibility index (Phi) is 6.16. The van der Waals surface area contributed by atoms with Crippen molar-refractivity contribution in [2.24, 2.45) is 10.4 Å². The second-order valence-corrected chi connectivity index (χ2v) is 7.82. The number of carbonyl (C=O) groups excluding carboxylic acids is 1. The third-order valence-corrected chi connectivity index (χ3v) is 5.44. The van der Waals surface area contributed by atoms with Crippen molar-refractivity contribution in [1.82, 2.24) is 15.5 Å². The summed E-state index contributed by atoms with van der Waals surface area (Å²) in [6.45, 7) is 13.2. The smallest absolute Gasteiger partial charge is 0.257 e. The molecule has 0 aromatic heterocycles. The molecule has 144 valence electrons. The number of amides is 1. The van der Waals surface area contributed by atoms with Crippen LogP contribution in [0.15, 0.2) is 29.3 Å². The van der Waals surface area contributed by atoms with Gasteiger partial charge in [0.05, 0.1) is 0 Å². The van der Waals surface area contributed by atoms with Gasteiger partial charge in [-0.15, -0.1) is 0 Å². The molecule has 0 bridgehead atoms. The fourth-order valence-corrected chi connectivity index (χ4v) is 3.02. The van der Waals surface area contributed by atoms with Crippen LogP contribution in [0.4, 0.5) is 0 Å². The first kappa shape index (κ1) is 20.1. The number of guanidine groups is 1. The van der Waals surface area contributed by atoms with E-state index in [0.717, 1.165) is 18.1 Å². The molecule has 2 rings (SSSR count). The van der Waals surface area contributed by atoms with Gasteiger partial charge in [0.1, 0.15) is 5.75 Å². The van der Waals surface area contributed by atoms with E-state index in [1.54, 1.807) is 0 Å². The van der Waals surface area contributed by atoms with Crippen molar-refractivity contribution in [1.29, 1.82) is 0 Å². The Morgan fingerprint density at radius 2 is 2.00 bits per heavy atom. The van der Waals surface area contributed by atoms with E-state index in [9.17, 15) is 4.79 Å². The standard InChI is InChI=1S/C20H32N4O2/c1-7-22-17(25)13-26-16-10-8-9-15(11-16)12-23-18(21-6)24-14-19(2,3)20(24,4)5/h8-11H,7,12-14H2,1-6H3,(H,21,23)(H,22,25). The monoisotopic (exact) mass is 360 g/mol. The van der Waals surface area contributed by atoms with E-state index in [1.165, 1.54) is 0 Å². The molecule has 1 heterocycles. The average Bonchev–Trinajstić information content (AvgIpc) is 2.60. The van der Waals surface area contributed by atoms with Crippen LogP contribution in [0, 0.1) is 5.41 Å². The van der Waals surface area contributed by atoms with Crippen LogP contribution in [0.5, 0.6) is 5.75 Å². The predicted octanol–water partition coefficient (Wildman–Crippen LogP) is 2.40. The first-order valence-electron chi connectivity index (χ1n) is 9.18. The lowest BCUT2D eigenvalue weighted by atomic mass is 9.65. The summed E-state index contributed by atoms with van der Waals surface area (Å²) in [7, 11) is 1.82. The Labute approximate surface area is 157 Å². The van der Waals surface area contributed by atoms with Crippen LogP contribution in [-0.2, 0) is 11.3 Å². The van der Waals surface area contributed by atoms with E-state index in [-0.39, 0.29) is 23.5 Å². The molecule has 0 radical (unpaired) electrons. The molecule has 6 nitrogen and oxygen atoms in total. The van der Waals surface area contributed by atoms with Crippen molar-refractivity contribution in [3.8, 4) is 5.75 Å². The number of ether oxygens (including phenoxy) is 1. The second-order valence-electron chi connectivity index (χ2n) is 7.82. The normalized spacial score (nSPS) is 18.1. The zero-order valence-electron chi connectivity index (χ0n) is 16.8. The molecule has 0 spiro atoms. The first-order valence-corrected chi connectivity index (χ1v) is 9.18. The second kappa shape index (κ2) is 7.98. The molecule has 1 aromatic carbocycles. The number of likely N-dealkylation sites (tertiary alicyclic amines) is 1. The zero-order valence-corrected chi connectivity index (χ0v) is 16.8. The fourth-order valence-electron chi connectivity index (χ4n) is 3.02. The number of nitrogens with zero attached hydrogens (tertiary/aromatic N) is 2. The van der Waals surface area contributed by atoms with E-state index >= 15 is 0 Å². The summed E-state index contributed by atoms with van der Waals surface area (Å²) in [5.74, 6) is 1.48. The van der Waals surface area contributed by atoms with Gasteiger partial charge in [-0.3, -0.25) is 9.79 Å². The van der Waals surface area contributed by atoms with E-state index < -0.39 is 0 Å². The zero-order chi connectivity index (χ0) is 19.4. The Morgan fingerprint density at radius 1 is 1.27 bits per heavy atom. The molecule has 2 N–H and O–H groups in total. The van der Waals surface area contributed by atoms with Gasteiger partial charge >= 0.3 is 0 Å².